The maximum absolute atomic E-state index is 5.45. The van der Waals surface area contributed by atoms with E-state index in [0.717, 1.165) is 0 Å². The lowest BCUT2D eigenvalue weighted by molar-refractivity contribution is 0.256. The van der Waals surface area contributed by atoms with Gasteiger partial charge >= 0.3 is 0 Å². The van der Waals surface area contributed by atoms with Crippen LogP contribution in [0.1, 0.15) is 46.0 Å². The summed E-state index contributed by atoms with van der Waals surface area (Å²) >= 11 is 10.6. The minimum Gasteiger partial charge on any atom is -0.359 e. The van der Waals surface area contributed by atoms with Crippen LogP contribution in [0.4, 0.5) is 0 Å². The van der Waals surface area contributed by atoms with Gasteiger partial charge in [-0.15, -0.1) is 0 Å². The summed E-state index contributed by atoms with van der Waals surface area (Å²) in [4.78, 5) is 0. The lowest BCUT2D eigenvalue weighted by Crippen LogP contribution is -2.47. The van der Waals surface area contributed by atoms with Gasteiger partial charge in [0, 0.05) is 6.04 Å². The Kier molecular flexibility index (Phi) is 8.37. The number of thiocarbonyl (C=S) groups is 1. The molecular weight excluding hydrogens is 301 g/mol. The van der Waals surface area contributed by atoms with E-state index in [4.69, 9.17) is 33.1 Å². The zero-order valence-corrected chi connectivity index (χ0v) is 14.1. The molecule has 0 aromatic rings. The minimum absolute atomic E-state index is 0.465. The lowest BCUT2D eigenvalue weighted by Gasteiger charge is -2.26. The Morgan fingerprint density at radius 1 is 1.16 bits per heavy atom. The molecule has 3 N–H and O–H groups in total. The predicted molar refractivity (Wildman–Crippen MR) is 86.4 cm³/mol. The van der Waals surface area contributed by atoms with Gasteiger partial charge in [-0.25, -0.2) is 0 Å². The fourth-order valence-electron chi connectivity index (χ4n) is 2.03. The van der Waals surface area contributed by atoms with Gasteiger partial charge in [0.05, 0.1) is 13.2 Å². The van der Waals surface area contributed by atoms with Crippen LogP contribution < -0.4 is 15.9 Å². The highest BCUT2D eigenvalue weighted by Gasteiger charge is 2.19. The molecule has 5 nitrogen and oxygen atoms in total. The highest BCUT2D eigenvalue weighted by Crippen LogP contribution is 2.42. The van der Waals surface area contributed by atoms with Gasteiger partial charge in [0.2, 0.25) is 0 Å². The quantitative estimate of drug-likeness (QED) is 0.378. The molecule has 112 valence electrons. The van der Waals surface area contributed by atoms with Crippen molar-refractivity contribution in [2.45, 2.75) is 52.0 Å². The molecule has 0 amide bonds. The number of hydrogen-bond donors (Lipinski definition) is 3. The van der Waals surface area contributed by atoms with Gasteiger partial charge in [0.15, 0.2) is 5.11 Å². The van der Waals surface area contributed by atoms with Crippen LogP contribution in [-0.2, 0) is 20.9 Å². The fourth-order valence-corrected chi connectivity index (χ4v) is 4.22. The molecule has 0 aliphatic heterocycles. The number of hydrazine groups is 1. The predicted octanol–water partition coefficient (Wildman–Crippen LogP) is 2.59. The molecule has 0 bridgehead atoms. The second kappa shape index (κ2) is 9.21. The molecular formula is C11H24N3O2PS2. The Morgan fingerprint density at radius 3 is 2.26 bits per heavy atom. The summed E-state index contributed by atoms with van der Waals surface area (Å²) in [6.45, 7) is 2.31. The largest absolute Gasteiger partial charge is 0.359 e. The van der Waals surface area contributed by atoms with E-state index in [0.29, 0.717) is 24.4 Å². The molecule has 0 aromatic carbocycles. The molecule has 1 fully saturated rings. The van der Waals surface area contributed by atoms with Crippen LogP contribution >= 0.6 is 18.9 Å². The Bertz CT molecular complexity index is 315. The maximum atomic E-state index is 5.45. The third-order valence-corrected chi connectivity index (χ3v) is 5.55. The third kappa shape index (κ3) is 6.97. The topological polar surface area (TPSA) is 54.5 Å². The van der Waals surface area contributed by atoms with Crippen LogP contribution in [0.25, 0.3) is 0 Å². The van der Waals surface area contributed by atoms with Gasteiger partial charge < -0.3 is 14.4 Å². The zero-order chi connectivity index (χ0) is 14.1. The monoisotopic (exact) mass is 325 g/mol. The summed E-state index contributed by atoms with van der Waals surface area (Å²) in [5.41, 5.74) is 2.91. The van der Waals surface area contributed by atoms with E-state index in [9.17, 15) is 0 Å². The average molecular weight is 325 g/mol. The first-order valence-electron chi connectivity index (χ1n) is 6.82. The molecule has 0 heterocycles. The van der Waals surface area contributed by atoms with E-state index in [1.54, 1.807) is 0 Å². The molecule has 0 aromatic heterocycles. The molecule has 0 radical (unpaired) electrons. The molecule has 0 saturated heterocycles. The van der Waals surface area contributed by atoms with Crippen LogP contribution in [0.5, 0.6) is 0 Å². The summed E-state index contributed by atoms with van der Waals surface area (Å²) in [7, 11) is 0. The van der Waals surface area contributed by atoms with Gasteiger partial charge in [0.1, 0.15) is 0 Å². The molecule has 19 heavy (non-hydrogen) atoms. The van der Waals surface area contributed by atoms with Crippen molar-refractivity contribution < 1.29 is 9.05 Å². The molecule has 1 aliphatic rings. The number of rotatable bonds is 7. The standard InChI is InChI=1S/C11H24N3O2PS2/c1-3-15-17(19,16-4-2)14-13-11(18)12-10-8-6-5-7-9-10/h10H,3-9H2,1-2H3,(H,14,19)(H2,12,13,18). The smallest absolute Gasteiger partial charge is 0.279 e. The second-order valence-corrected chi connectivity index (χ2v) is 7.96. The third-order valence-electron chi connectivity index (χ3n) is 2.84. The highest BCUT2D eigenvalue weighted by atomic mass is 32.5. The van der Waals surface area contributed by atoms with Crippen molar-refractivity contribution in [3.63, 3.8) is 0 Å². The maximum Gasteiger partial charge on any atom is 0.279 e. The first kappa shape index (κ1) is 17.3. The van der Waals surface area contributed by atoms with Gasteiger partial charge in [-0.3, -0.25) is 5.43 Å². The summed E-state index contributed by atoms with van der Waals surface area (Å²) in [6.07, 6.45) is 6.21. The van der Waals surface area contributed by atoms with E-state index in [1.807, 2.05) is 13.8 Å². The van der Waals surface area contributed by atoms with E-state index in [1.165, 1.54) is 32.1 Å². The molecule has 0 atom stereocenters. The van der Waals surface area contributed by atoms with Crippen LogP contribution in [0.3, 0.4) is 0 Å². The average Bonchev–Trinajstić information content (AvgIpc) is 2.38. The Hall–Kier alpha value is 0.220. The Labute approximate surface area is 126 Å². The van der Waals surface area contributed by atoms with Crippen molar-refractivity contribution in [2.24, 2.45) is 0 Å². The van der Waals surface area contributed by atoms with Crippen LogP contribution in [0, 0.1) is 0 Å². The Morgan fingerprint density at radius 2 is 1.74 bits per heavy atom. The molecule has 1 aliphatic carbocycles. The van der Waals surface area contributed by atoms with Gasteiger partial charge in [-0.1, -0.05) is 19.3 Å². The molecule has 1 rings (SSSR count). The van der Waals surface area contributed by atoms with Gasteiger partial charge in [-0.2, -0.15) is 5.20 Å². The van der Waals surface area contributed by atoms with E-state index in [2.05, 4.69) is 15.9 Å². The first-order valence-corrected chi connectivity index (χ1v) is 9.87. The Balaban J connectivity index is 2.32. The summed E-state index contributed by atoms with van der Waals surface area (Å²) in [6, 6.07) is 0.465. The van der Waals surface area contributed by atoms with Gasteiger partial charge in [0.25, 0.3) is 6.64 Å². The molecule has 8 heteroatoms. The van der Waals surface area contributed by atoms with Crippen molar-refractivity contribution in [1.29, 1.82) is 0 Å². The van der Waals surface area contributed by atoms with Crippen molar-refractivity contribution >= 4 is 35.8 Å². The van der Waals surface area contributed by atoms with E-state index < -0.39 is 6.64 Å². The first-order chi connectivity index (χ1) is 9.09. The fraction of sp³-hybridized carbons (Fsp3) is 0.909. The lowest BCUT2D eigenvalue weighted by atomic mass is 9.96. The minimum atomic E-state index is -2.48. The summed E-state index contributed by atoms with van der Waals surface area (Å²) < 4.78 is 10.9. The van der Waals surface area contributed by atoms with Crippen LogP contribution in [0.2, 0.25) is 0 Å². The van der Waals surface area contributed by atoms with Gasteiger partial charge in [-0.05, 0) is 50.7 Å². The van der Waals surface area contributed by atoms with Crippen molar-refractivity contribution in [2.75, 3.05) is 13.2 Å². The van der Waals surface area contributed by atoms with Crippen molar-refractivity contribution in [3.8, 4) is 0 Å². The van der Waals surface area contributed by atoms with E-state index >= 15 is 0 Å². The van der Waals surface area contributed by atoms with Crippen LogP contribution in [-0.4, -0.2) is 24.4 Å². The van der Waals surface area contributed by atoms with E-state index in [-0.39, 0.29) is 0 Å². The SMILES string of the molecule is CCOP(=S)(NNC(=S)NC1CCCCC1)OCC. The second-order valence-electron chi connectivity index (χ2n) is 4.38. The van der Waals surface area contributed by atoms with Crippen LogP contribution in [0.15, 0.2) is 0 Å². The number of nitrogens with one attached hydrogen (secondary N) is 3. The molecule has 0 spiro atoms. The van der Waals surface area contributed by atoms with Crippen molar-refractivity contribution in [1.82, 2.24) is 15.9 Å². The summed E-state index contributed by atoms with van der Waals surface area (Å²) in [5, 5.41) is 6.76. The highest BCUT2D eigenvalue weighted by molar-refractivity contribution is 8.08. The normalized spacial score (nSPS) is 17.2. The zero-order valence-electron chi connectivity index (χ0n) is 11.6. The molecule has 1 saturated carbocycles. The molecule has 0 unspecified atom stereocenters. The number of hydrogen-bond acceptors (Lipinski definition) is 4. The summed E-state index contributed by atoms with van der Waals surface area (Å²) in [5.74, 6) is 0. The van der Waals surface area contributed by atoms with Crippen molar-refractivity contribution in [3.05, 3.63) is 0 Å².